The van der Waals surface area contributed by atoms with Crippen molar-refractivity contribution in [1.29, 1.82) is 0 Å². The van der Waals surface area contributed by atoms with Crippen molar-refractivity contribution in [3.63, 3.8) is 0 Å². The van der Waals surface area contributed by atoms with E-state index in [2.05, 4.69) is 4.98 Å². The molecule has 4 rings (SSSR count). The van der Waals surface area contributed by atoms with Crippen molar-refractivity contribution in [1.82, 2.24) is 9.88 Å². The quantitative estimate of drug-likeness (QED) is 0.862. The summed E-state index contributed by atoms with van der Waals surface area (Å²) in [6.45, 7) is 1.34. The molecule has 0 bridgehead atoms. The van der Waals surface area contributed by atoms with Crippen molar-refractivity contribution < 1.29 is 13.6 Å². The number of carbonyl (C=O) groups is 1. The lowest BCUT2D eigenvalue weighted by Gasteiger charge is -2.17. The summed E-state index contributed by atoms with van der Waals surface area (Å²) in [5.41, 5.74) is 6.16. The number of fused-ring (bicyclic) bond motifs is 1. The van der Waals surface area contributed by atoms with Gasteiger partial charge in [-0.2, -0.15) is 0 Å². The van der Waals surface area contributed by atoms with Gasteiger partial charge in [-0.05, 0) is 36.8 Å². The van der Waals surface area contributed by atoms with E-state index >= 15 is 0 Å². The van der Waals surface area contributed by atoms with E-state index in [-0.39, 0.29) is 40.6 Å². The third kappa shape index (κ3) is 3.16. The maximum atomic E-state index is 13.9. The zero-order chi connectivity index (χ0) is 16.8. The van der Waals surface area contributed by atoms with E-state index < -0.39 is 11.6 Å². The normalized spacial score (nSPS) is 24.9. The van der Waals surface area contributed by atoms with Gasteiger partial charge in [0, 0.05) is 24.5 Å². The van der Waals surface area contributed by atoms with Crippen LogP contribution in [0.1, 0.15) is 23.3 Å². The van der Waals surface area contributed by atoms with Crippen LogP contribution in [0.5, 0.6) is 0 Å². The lowest BCUT2D eigenvalue weighted by molar-refractivity contribution is 0.0774. The van der Waals surface area contributed by atoms with Crippen LogP contribution in [0.25, 0.3) is 10.6 Å². The first kappa shape index (κ1) is 18.2. The summed E-state index contributed by atoms with van der Waals surface area (Å²) in [5.74, 6) is -0.715. The lowest BCUT2D eigenvalue weighted by atomic mass is 9.98. The highest BCUT2D eigenvalue weighted by Gasteiger charge is 2.42. The van der Waals surface area contributed by atoms with Gasteiger partial charge in [0.05, 0.1) is 5.56 Å². The Bertz CT molecular complexity index is 780. The predicted molar refractivity (Wildman–Crippen MR) is 94.8 cm³/mol. The van der Waals surface area contributed by atoms with E-state index in [4.69, 9.17) is 5.73 Å². The summed E-state index contributed by atoms with van der Waals surface area (Å²) >= 11 is 1.08. The Kier molecular flexibility index (Phi) is 5.09. The van der Waals surface area contributed by atoms with E-state index in [0.717, 1.165) is 24.2 Å². The molecule has 2 heterocycles. The number of halogens is 3. The molecule has 1 aliphatic heterocycles. The van der Waals surface area contributed by atoms with Crippen molar-refractivity contribution in [3.8, 4) is 10.6 Å². The summed E-state index contributed by atoms with van der Waals surface area (Å²) < 4.78 is 27.7. The average Bonchev–Trinajstić information content (AvgIpc) is 3.25. The van der Waals surface area contributed by atoms with Gasteiger partial charge in [-0.1, -0.05) is 6.07 Å². The van der Waals surface area contributed by atoms with Crippen LogP contribution in [0.3, 0.4) is 0 Å². The number of amides is 1. The number of benzene rings is 1. The topological polar surface area (TPSA) is 59.2 Å². The van der Waals surface area contributed by atoms with Crippen molar-refractivity contribution in [2.75, 3.05) is 13.1 Å². The van der Waals surface area contributed by atoms with Gasteiger partial charge in [0.15, 0.2) is 0 Å². The minimum atomic E-state index is -0.676. The largest absolute Gasteiger partial charge is 0.337 e. The van der Waals surface area contributed by atoms with Crippen molar-refractivity contribution in [2.24, 2.45) is 17.6 Å². The van der Waals surface area contributed by atoms with Crippen molar-refractivity contribution in [2.45, 2.75) is 18.9 Å². The van der Waals surface area contributed by atoms with Gasteiger partial charge in [-0.25, -0.2) is 13.8 Å². The standard InChI is InChI=1S/C17H17F2N3OS.ClH/c18-11-2-1-3-12(19)15(11)16-21-14(8-24-16)17(23)22-6-9-4-5-13(20)10(9)7-22;/h1-3,8-10,13H,4-7,20H2;1H. The summed E-state index contributed by atoms with van der Waals surface area (Å²) in [5, 5.41) is 1.75. The second-order valence-corrected chi connectivity index (χ2v) is 7.37. The highest BCUT2D eigenvalue weighted by atomic mass is 35.5. The van der Waals surface area contributed by atoms with Crippen molar-refractivity contribution >= 4 is 29.7 Å². The van der Waals surface area contributed by atoms with E-state index in [0.29, 0.717) is 24.9 Å². The molecule has 1 saturated carbocycles. The first-order valence-corrected chi connectivity index (χ1v) is 8.87. The first-order valence-electron chi connectivity index (χ1n) is 7.99. The molecular weight excluding hydrogens is 368 g/mol. The number of thiazole rings is 1. The summed E-state index contributed by atoms with van der Waals surface area (Å²) in [4.78, 5) is 18.6. The second kappa shape index (κ2) is 6.97. The number of hydrogen-bond donors (Lipinski definition) is 1. The number of aromatic nitrogens is 1. The van der Waals surface area contributed by atoms with Gasteiger partial charge in [-0.15, -0.1) is 23.7 Å². The fourth-order valence-corrected chi connectivity index (χ4v) is 4.66. The van der Waals surface area contributed by atoms with E-state index in [1.807, 2.05) is 0 Å². The molecule has 2 aliphatic rings. The molecule has 2 aromatic rings. The van der Waals surface area contributed by atoms with Gasteiger partial charge in [0.2, 0.25) is 0 Å². The molecular formula is C17H18ClF2N3OS. The molecule has 8 heteroatoms. The molecule has 25 heavy (non-hydrogen) atoms. The zero-order valence-corrected chi connectivity index (χ0v) is 15.0. The average molecular weight is 386 g/mol. The van der Waals surface area contributed by atoms with Gasteiger partial charge >= 0.3 is 0 Å². The molecule has 1 amide bonds. The second-order valence-electron chi connectivity index (χ2n) is 6.51. The smallest absolute Gasteiger partial charge is 0.273 e. The Morgan fingerprint density at radius 1 is 1.24 bits per heavy atom. The summed E-state index contributed by atoms with van der Waals surface area (Å²) in [6.07, 6.45) is 2.07. The molecule has 2 N–H and O–H groups in total. The fourth-order valence-electron chi connectivity index (χ4n) is 3.82. The highest BCUT2D eigenvalue weighted by molar-refractivity contribution is 7.13. The van der Waals surface area contributed by atoms with Gasteiger partial charge < -0.3 is 10.6 Å². The minimum Gasteiger partial charge on any atom is -0.337 e. The maximum Gasteiger partial charge on any atom is 0.273 e. The highest BCUT2D eigenvalue weighted by Crippen LogP contribution is 2.38. The molecule has 1 saturated heterocycles. The fraction of sp³-hybridized carbons (Fsp3) is 0.412. The Balaban J connectivity index is 0.00000182. The third-order valence-electron chi connectivity index (χ3n) is 5.10. The van der Waals surface area contributed by atoms with Crippen LogP contribution in [-0.4, -0.2) is 34.9 Å². The number of hydrogen-bond acceptors (Lipinski definition) is 4. The maximum absolute atomic E-state index is 13.9. The zero-order valence-electron chi connectivity index (χ0n) is 13.3. The Labute approximate surface area is 154 Å². The van der Waals surface area contributed by atoms with Crippen LogP contribution in [-0.2, 0) is 0 Å². The van der Waals surface area contributed by atoms with Gasteiger partial charge in [-0.3, -0.25) is 4.79 Å². The molecule has 1 aromatic carbocycles. The Morgan fingerprint density at radius 2 is 1.96 bits per heavy atom. The Morgan fingerprint density at radius 3 is 2.64 bits per heavy atom. The monoisotopic (exact) mass is 385 g/mol. The number of nitrogens with two attached hydrogens (primary N) is 1. The molecule has 3 atom stereocenters. The number of rotatable bonds is 2. The van der Waals surface area contributed by atoms with Crippen LogP contribution in [0, 0.1) is 23.5 Å². The predicted octanol–water partition coefficient (Wildman–Crippen LogP) is 3.32. The SMILES string of the molecule is Cl.NC1CCC2CN(C(=O)c3csc(-c4c(F)cccc4F)n3)CC12. The van der Waals surface area contributed by atoms with E-state index in [1.54, 1.807) is 10.3 Å². The van der Waals surface area contributed by atoms with Crippen molar-refractivity contribution in [3.05, 3.63) is 40.9 Å². The minimum absolute atomic E-state index is 0. The molecule has 2 fully saturated rings. The van der Waals surface area contributed by atoms with Crippen LogP contribution in [0.15, 0.2) is 23.6 Å². The van der Waals surface area contributed by atoms with Crippen LogP contribution < -0.4 is 5.73 Å². The molecule has 1 aliphatic carbocycles. The molecule has 0 radical (unpaired) electrons. The van der Waals surface area contributed by atoms with Crippen LogP contribution in [0.4, 0.5) is 8.78 Å². The lowest BCUT2D eigenvalue weighted by Crippen LogP contribution is -2.33. The molecule has 1 aromatic heterocycles. The molecule has 3 unspecified atom stereocenters. The first-order chi connectivity index (χ1) is 11.5. The number of carbonyl (C=O) groups excluding carboxylic acids is 1. The van der Waals surface area contributed by atoms with Gasteiger partial charge in [0.25, 0.3) is 5.91 Å². The third-order valence-corrected chi connectivity index (χ3v) is 5.96. The van der Waals surface area contributed by atoms with E-state index in [1.165, 1.54) is 18.2 Å². The van der Waals surface area contributed by atoms with Crippen LogP contribution in [0.2, 0.25) is 0 Å². The molecule has 0 spiro atoms. The summed E-state index contributed by atoms with van der Waals surface area (Å²) in [6, 6.07) is 3.83. The van der Waals surface area contributed by atoms with E-state index in [9.17, 15) is 13.6 Å². The molecule has 134 valence electrons. The number of nitrogens with zero attached hydrogens (tertiary/aromatic N) is 2. The van der Waals surface area contributed by atoms with Gasteiger partial charge in [0.1, 0.15) is 22.3 Å². The summed E-state index contributed by atoms with van der Waals surface area (Å²) in [7, 11) is 0. The number of likely N-dealkylation sites (tertiary alicyclic amines) is 1. The molecule has 4 nitrogen and oxygen atoms in total. The van der Waals surface area contributed by atoms with Crippen LogP contribution >= 0.6 is 23.7 Å². The Hall–Kier alpha value is -1.57.